The fourth-order valence-electron chi connectivity index (χ4n) is 5.64. The molecule has 2 aliphatic carbocycles. The number of rotatable bonds is 7. The summed E-state index contributed by atoms with van der Waals surface area (Å²) in [5.41, 5.74) is -0.936. The summed E-state index contributed by atoms with van der Waals surface area (Å²) in [7, 11) is -7.30. The first-order valence-corrected chi connectivity index (χ1v) is 15.8. The number of nitrogens with one attached hydrogen (secondary N) is 1. The monoisotopic (exact) mass is 575 g/mol. The van der Waals surface area contributed by atoms with E-state index in [1.807, 2.05) is 0 Å². The number of benzene rings is 2. The lowest BCUT2D eigenvalue weighted by Gasteiger charge is -2.42. The van der Waals surface area contributed by atoms with E-state index in [1.54, 1.807) is 0 Å². The molecule has 2 bridgehead atoms. The van der Waals surface area contributed by atoms with Crippen molar-refractivity contribution in [2.24, 2.45) is 11.8 Å². The van der Waals surface area contributed by atoms with E-state index in [4.69, 9.17) is 11.6 Å². The molecule has 2 atom stereocenters. The lowest BCUT2D eigenvalue weighted by atomic mass is 9.73. The number of aliphatic hydroxyl groups is 1. The van der Waals surface area contributed by atoms with Crippen LogP contribution in [0, 0.1) is 30.4 Å². The molecule has 2 aromatic carbocycles. The highest BCUT2D eigenvalue weighted by atomic mass is 35.5. The number of anilines is 1. The van der Waals surface area contributed by atoms with Crippen LogP contribution in [0.3, 0.4) is 0 Å². The van der Waals surface area contributed by atoms with E-state index in [2.05, 4.69) is 5.32 Å². The first kappa shape index (κ1) is 27.9. The van der Waals surface area contributed by atoms with E-state index in [-0.39, 0.29) is 63.6 Å². The molecule has 0 spiro atoms. The third kappa shape index (κ3) is 5.55. The molecule has 0 heterocycles. The summed E-state index contributed by atoms with van der Waals surface area (Å²) in [6.45, 7) is 1.49. The summed E-state index contributed by atoms with van der Waals surface area (Å²) in [4.78, 5) is 12.6. The largest absolute Gasteiger partial charge is 0.389 e. The zero-order valence-electron chi connectivity index (χ0n) is 20.3. The third-order valence-corrected chi connectivity index (χ3v) is 11.3. The highest BCUT2D eigenvalue weighted by Gasteiger charge is 2.55. The summed E-state index contributed by atoms with van der Waals surface area (Å²) in [6.07, 6.45) is 2.67. The fourth-order valence-corrected chi connectivity index (χ4v) is 8.74. The van der Waals surface area contributed by atoms with Gasteiger partial charge in [0.2, 0.25) is 0 Å². The Hall–Kier alpha value is -2.08. The van der Waals surface area contributed by atoms with Crippen LogP contribution in [-0.2, 0) is 19.7 Å². The Bertz CT molecular complexity index is 1450. The Kier molecular flexibility index (Phi) is 7.48. The number of halogens is 3. The zero-order chi connectivity index (χ0) is 27.3. The van der Waals surface area contributed by atoms with Crippen molar-refractivity contribution in [3.05, 3.63) is 58.1 Å². The second-order valence-corrected chi connectivity index (χ2v) is 15.0. The van der Waals surface area contributed by atoms with Gasteiger partial charge in [-0.05, 0) is 80.7 Å². The molecule has 2 aromatic rings. The lowest BCUT2D eigenvalue weighted by molar-refractivity contribution is -0.0603. The Morgan fingerprint density at radius 1 is 1.08 bits per heavy atom. The zero-order valence-corrected chi connectivity index (χ0v) is 22.7. The standard InChI is InChI=1S/C25H28ClF2NO6S2/c1-14-9-20(27)21(28)13-22(14)29-24(30)15-3-6-19(26)23(10-15)37(34,35)18-11-16-4-5-17(12-18)25(16,31)7-8-36(2,32)33/h3,6,9-10,13,16-18,31H,4-5,7-8,11-12H2,1-2H3,(H,29,30). The van der Waals surface area contributed by atoms with Gasteiger partial charge in [-0.3, -0.25) is 4.79 Å². The maximum absolute atomic E-state index is 13.7. The summed E-state index contributed by atoms with van der Waals surface area (Å²) in [6, 6.07) is 5.58. The second kappa shape index (κ2) is 9.91. The van der Waals surface area contributed by atoms with Crippen LogP contribution in [-0.4, -0.2) is 50.7 Å². The van der Waals surface area contributed by atoms with Crippen molar-refractivity contribution in [2.75, 3.05) is 17.3 Å². The molecular weight excluding hydrogens is 548 g/mol. The van der Waals surface area contributed by atoms with Crippen LogP contribution in [0.5, 0.6) is 0 Å². The van der Waals surface area contributed by atoms with E-state index < -0.39 is 48.1 Å². The minimum Gasteiger partial charge on any atom is -0.389 e. The molecule has 2 saturated carbocycles. The van der Waals surface area contributed by atoms with E-state index >= 15 is 0 Å². The van der Waals surface area contributed by atoms with Gasteiger partial charge in [-0.25, -0.2) is 25.6 Å². The molecule has 1 amide bonds. The molecule has 37 heavy (non-hydrogen) atoms. The molecule has 2 unspecified atom stereocenters. The molecule has 202 valence electrons. The molecule has 7 nitrogen and oxygen atoms in total. The van der Waals surface area contributed by atoms with Crippen molar-refractivity contribution in [1.82, 2.24) is 0 Å². The molecule has 2 N–H and O–H groups in total. The summed E-state index contributed by atoms with van der Waals surface area (Å²) >= 11 is 6.25. The predicted molar refractivity (Wildman–Crippen MR) is 136 cm³/mol. The maximum atomic E-state index is 13.7. The van der Waals surface area contributed by atoms with Crippen LogP contribution in [0.25, 0.3) is 0 Å². The quantitative estimate of drug-likeness (QED) is 0.508. The highest BCUT2D eigenvalue weighted by molar-refractivity contribution is 7.92. The molecule has 2 fully saturated rings. The summed E-state index contributed by atoms with van der Waals surface area (Å²) in [5, 5.41) is 12.8. The van der Waals surface area contributed by atoms with Crippen molar-refractivity contribution >= 4 is 42.9 Å². The molecule has 0 aliphatic heterocycles. The van der Waals surface area contributed by atoms with Gasteiger partial charge in [0.25, 0.3) is 5.91 Å². The smallest absolute Gasteiger partial charge is 0.255 e. The van der Waals surface area contributed by atoms with Crippen molar-refractivity contribution in [3.63, 3.8) is 0 Å². The van der Waals surface area contributed by atoms with Crippen LogP contribution >= 0.6 is 11.6 Å². The van der Waals surface area contributed by atoms with Crippen LogP contribution in [0.4, 0.5) is 14.5 Å². The molecular formula is C25H28ClF2NO6S2. The third-order valence-electron chi connectivity index (χ3n) is 7.70. The number of hydrogen-bond acceptors (Lipinski definition) is 6. The number of carbonyl (C=O) groups excluding carboxylic acids is 1. The van der Waals surface area contributed by atoms with Gasteiger partial charge in [0.1, 0.15) is 9.84 Å². The SMILES string of the molecule is Cc1cc(F)c(F)cc1NC(=O)c1ccc(Cl)c(S(=O)(=O)C2CC3CCC(C2)C3(O)CCS(C)(=O)=O)c1. The van der Waals surface area contributed by atoms with Gasteiger partial charge in [0, 0.05) is 23.6 Å². The first-order chi connectivity index (χ1) is 17.1. The number of carbonyl (C=O) groups is 1. The highest BCUT2D eigenvalue weighted by Crippen LogP contribution is 2.53. The number of hydrogen-bond donors (Lipinski definition) is 2. The molecule has 2 aliphatic rings. The maximum Gasteiger partial charge on any atom is 0.255 e. The van der Waals surface area contributed by atoms with Crippen molar-refractivity contribution in [2.45, 2.75) is 54.8 Å². The van der Waals surface area contributed by atoms with Crippen LogP contribution in [0.15, 0.2) is 35.2 Å². The average Bonchev–Trinajstić information content (AvgIpc) is 2.97. The van der Waals surface area contributed by atoms with Crippen LogP contribution in [0.2, 0.25) is 5.02 Å². The second-order valence-electron chi connectivity index (χ2n) is 10.2. The molecule has 4 rings (SSSR count). The van der Waals surface area contributed by atoms with Gasteiger partial charge in [0.05, 0.1) is 26.5 Å². The van der Waals surface area contributed by atoms with Gasteiger partial charge in [-0.15, -0.1) is 0 Å². The number of fused-ring (bicyclic) bond motifs is 2. The molecule has 12 heteroatoms. The Morgan fingerprint density at radius 3 is 2.27 bits per heavy atom. The molecule has 0 radical (unpaired) electrons. The van der Waals surface area contributed by atoms with Gasteiger partial charge in [0.15, 0.2) is 21.5 Å². The Morgan fingerprint density at radius 2 is 1.68 bits per heavy atom. The summed E-state index contributed by atoms with van der Waals surface area (Å²) < 4.78 is 77.7. The number of aryl methyl sites for hydroxylation is 1. The van der Waals surface area contributed by atoms with Gasteiger partial charge in [-0.2, -0.15) is 0 Å². The normalized spacial score (nSPS) is 25.7. The number of amides is 1. The average molecular weight is 576 g/mol. The van der Waals surface area contributed by atoms with Gasteiger partial charge < -0.3 is 10.4 Å². The van der Waals surface area contributed by atoms with Crippen molar-refractivity contribution < 1.29 is 35.5 Å². The van der Waals surface area contributed by atoms with Crippen LogP contribution in [0.1, 0.15) is 48.0 Å². The first-order valence-electron chi connectivity index (χ1n) is 11.8. The number of sulfone groups is 2. The Balaban J connectivity index is 1.57. The lowest BCUT2D eigenvalue weighted by Crippen LogP contribution is -2.49. The van der Waals surface area contributed by atoms with Crippen LogP contribution < -0.4 is 5.32 Å². The van der Waals surface area contributed by atoms with E-state index in [0.29, 0.717) is 12.8 Å². The van der Waals surface area contributed by atoms with Crippen molar-refractivity contribution in [1.29, 1.82) is 0 Å². The fraction of sp³-hybridized carbons (Fsp3) is 0.480. The molecule has 0 aromatic heterocycles. The van der Waals surface area contributed by atoms with E-state index in [0.717, 1.165) is 24.5 Å². The summed E-state index contributed by atoms with van der Waals surface area (Å²) in [5.74, 6) is -3.82. The predicted octanol–water partition coefficient (Wildman–Crippen LogP) is 4.31. The topological polar surface area (TPSA) is 118 Å². The molecule has 0 saturated heterocycles. The van der Waals surface area contributed by atoms with E-state index in [9.17, 15) is 35.5 Å². The van der Waals surface area contributed by atoms with Gasteiger partial charge >= 0.3 is 0 Å². The van der Waals surface area contributed by atoms with Gasteiger partial charge in [-0.1, -0.05) is 11.6 Å². The minimum absolute atomic E-state index is 0.0319. The minimum atomic E-state index is -4.01. The van der Waals surface area contributed by atoms with E-state index in [1.165, 1.54) is 19.1 Å². The Labute approximate surface area is 220 Å². The van der Waals surface area contributed by atoms with Crippen molar-refractivity contribution in [3.8, 4) is 0 Å².